The van der Waals surface area contributed by atoms with E-state index >= 15 is 0 Å². The molecule has 0 unspecified atom stereocenters. The molecular formula is C13H23N5O4S2. The van der Waals surface area contributed by atoms with Crippen molar-refractivity contribution in [3.8, 4) is 0 Å². The molecule has 0 aromatic carbocycles. The van der Waals surface area contributed by atoms with Gasteiger partial charge < -0.3 is 4.57 Å². The molecule has 24 heavy (non-hydrogen) atoms. The van der Waals surface area contributed by atoms with E-state index in [0.717, 1.165) is 12.8 Å². The van der Waals surface area contributed by atoms with Crippen molar-refractivity contribution in [2.45, 2.75) is 24.3 Å². The van der Waals surface area contributed by atoms with Gasteiger partial charge in [0.15, 0.2) is 5.03 Å². The Morgan fingerprint density at radius 3 is 2.00 bits per heavy atom. The van der Waals surface area contributed by atoms with Gasteiger partial charge in [0.2, 0.25) is 0 Å². The zero-order valence-electron chi connectivity index (χ0n) is 13.7. The normalized spacial score (nSPS) is 22.7. The second-order valence-corrected chi connectivity index (χ2v) is 9.96. The standard InChI is InChI=1S/C13H23N5O4S2/c1-15-11-13(14-12-15)23(19,20)16-7-4-8-18(10-9-16)24(21,22)17-5-2-3-6-17/h11-12H,2-10H2,1H3. The van der Waals surface area contributed by atoms with E-state index in [-0.39, 0.29) is 18.1 Å². The Balaban J connectivity index is 1.73. The maximum atomic E-state index is 12.6. The first-order chi connectivity index (χ1) is 11.3. The molecule has 136 valence electrons. The van der Waals surface area contributed by atoms with Crippen LogP contribution < -0.4 is 0 Å². The van der Waals surface area contributed by atoms with Crippen molar-refractivity contribution < 1.29 is 16.8 Å². The van der Waals surface area contributed by atoms with Gasteiger partial charge in [-0.2, -0.15) is 21.3 Å². The lowest BCUT2D eigenvalue weighted by Gasteiger charge is -2.26. The fourth-order valence-corrected chi connectivity index (χ4v) is 6.23. The van der Waals surface area contributed by atoms with Crippen LogP contribution in [0, 0.1) is 0 Å². The lowest BCUT2D eigenvalue weighted by molar-refractivity contribution is 0.364. The van der Waals surface area contributed by atoms with Gasteiger partial charge in [0.25, 0.3) is 20.2 Å². The van der Waals surface area contributed by atoms with Crippen LogP contribution in [0.15, 0.2) is 17.6 Å². The number of nitrogens with zero attached hydrogens (tertiary/aromatic N) is 5. The number of rotatable bonds is 4. The van der Waals surface area contributed by atoms with E-state index < -0.39 is 20.2 Å². The summed E-state index contributed by atoms with van der Waals surface area (Å²) in [6.07, 6.45) is 5.13. The number of aromatic nitrogens is 2. The Kier molecular flexibility index (Phi) is 4.98. The smallest absolute Gasteiger partial charge is 0.282 e. The average Bonchev–Trinajstić information content (AvgIpc) is 3.14. The predicted octanol–water partition coefficient (Wildman–Crippen LogP) is -0.543. The molecule has 3 rings (SSSR count). The van der Waals surface area contributed by atoms with Gasteiger partial charge in [-0.15, -0.1) is 0 Å². The van der Waals surface area contributed by atoms with Gasteiger partial charge in [-0.3, -0.25) is 0 Å². The molecule has 0 aliphatic carbocycles. The molecule has 2 aliphatic heterocycles. The summed E-state index contributed by atoms with van der Waals surface area (Å²) in [5, 5.41) is 0.000787. The lowest BCUT2D eigenvalue weighted by atomic mass is 10.4. The van der Waals surface area contributed by atoms with Crippen LogP contribution in [-0.4, -0.2) is 78.6 Å². The number of aryl methyl sites for hydroxylation is 1. The quantitative estimate of drug-likeness (QED) is 0.702. The summed E-state index contributed by atoms with van der Waals surface area (Å²) < 4.78 is 56.4. The highest BCUT2D eigenvalue weighted by Gasteiger charge is 2.35. The molecular weight excluding hydrogens is 354 g/mol. The minimum absolute atomic E-state index is 0.000787. The topological polar surface area (TPSA) is 95.8 Å². The first kappa shape index (κ1) is 17.8. The molecule has 11 heteroatoms. The summed E-state index contributed by atoms with van der Waals surface area (Å²) in [4.78, 5) is 3.92. The summed E-state index contributed by atoms with van der Waals surface area (Å²) in [5.74, 6) is 0. The zero-order chi connectivity index (χ0) is 17.4. The number of sulfonamides is 1. The Labute approximate surface area is 143 Å². The summed E-state index contributed by atoms with van der Waals surface area (Å²) in [5.41, 5.74) is 0. The second kappa shape index (κ2) is 6.71. The lowest BCUT2D eigenvalue weighted by Crippen LogP contribution is -2.44. The predicted molar refractivity (Wildman–Crippen MR) is 87.9 cm³/mol. The van der Waals surface area contributed by atoms with Crippen molar-refractivity contribution in [2.75, 3.05) is 39.3 Å². The minimum atomic E-state index is -3.69. The van der Waals surface area contributed by atoms with Crippen LogP contribution in [0.1, 0.15) is 19.3 Å². The van der Waals surface area contributed by atoms with E-state index in [2.05, 4.69) is 4.98 Å². The Morgan fingerprint density at radius 2 is 1.38 bits per heavy atom. The molecule has 0 N–H and O–H groups in total. The van der Waals surface area contributed by atoms with Crippen LogP contribution >= 0.6 is 0 Å². The third kappa shape index (κ3) is 3.36. The molecule has 9 nitrogen and oxygen atoms in total. The Morgan fingerprint density at radius 1 is 0.833 bits per heavy atom. The van der Waals surface area contributed by atoms with Crippen molar-refractivity contribution in [1.82, 2.24) is 22.5 Å². The number of hydrogen-bond donors (Lipinski definition) is 0. The van der Waals surface area contributed by atoms with Crippen molar-refractivity contribution in [1.29, 1.82) is 0 Å². The molecule has 0 radical (unpaired) electrons. The van der Waals surface area contributed by atoms with Gasteiger partial charge in [0, 0.05) is 52.5 Å². The van der Waals surface area contributed by atoms with E-state index in [0.29, 0.717) is 32.6 Å². The summed E-state index contributed by atoms with van der Waals surface area (Å²) in [7, 11) is -5.47. The van der Waals surface area contributed by atoms with E-state index in [1.807, 2.05) is 0 Å². The van der Waals surface area contributed by atoms with Crippen LogP contribution in [0.2, 0.25) is 0 Å². The van der Waals surface area contributed by atoms with Crippen LogP contribution in [-0.2, 0) is 27.3 Å². The largest absolute Gasteiger partial charge is 0.339 e. The molecule has 0 bridgehead atoms. The maximum Gasteiger partial charge on any atom is 0.282 e. The molecule has 0 saturated carbocycles. The van der Waals surface area contributed by atoms with Gasteiger partial charge >= 0.3 is 0 Å². The highest BCUT2D eigenvalue weighted by molar-refractivity contribution is 7.89. The van der Waals surface area contributed by atoms with Crippen LogP contribution in [0.4, 0.5) is 0 Å². The second-order valence-electron chi connectivity index (χ2n) is 6.15. The highest BCUT2D eigenvalue weighted by Crippen LogP contribution is 2.20. The Hall–Kier alpha value is -1.01. The molecule has 0 atom stereocenters. The van der Waals surface area contributed by atoms with Crippen LogP contribution in [0.25, 0.3) is 0 Å². The SMILES string of the molecule is Cn1cnc(S(=O)(=O)N2CCCN(S(=O)(=O)N3CCCC3)CC2)c1. The van der Waals surface area contributed by atoms with Gasteiger partial charge in [-0.05, 0) is 19.3 Å². The zero-order valence-corrected chi connectivity index (χ0v) is 15.3. The highest BCUT2D eigenvalue weighted by atomic mass is 32.2. The van der Waals surface area contributed by atoms with E-state index in [4.69, 9.17) is 0 Å². The van der Waals surface area contributed by atoms with Crippen molar-refractivity contribution >= 4 is 20.2 Å². The van der Waals surface area contributed by atoms with Gasteiger partial charge in [-0.1, -0.05) is 0 Å². The molecule has 0 amide bonds. The molecule has 0 spiro atoms. The van der Waals surface area contributed by atoms with Crippen molar-refractivity contribution in [3.63, 3.8) is 0 Å². The fourth-order valence-electron chi connectivity index (χ4n) is 3.08. The van der Waals surface area contributed by atoms with Gasteiger partial charge in [-0.25, -0.2) is 13.4 Å². The monoisotopic (exact) mass is 377 g/mol. The van der Waals surface area contributed by atoms with Crippen LogP contribution in [0.5, 0.6) is 0 Å². The van der Waals surface area contributed by atoms with E-state index in [1.165, 1.54) is 25.4 Å². The summed E-state index contributed by atoms with van der Waals surface area (Å²) in [6.45, 7) is 2.05. The minimum Gasteiger partial charge on any atom is -0.339 e. The summed E-state index contributed by atoms with van der Waals surface area (Å²) >= 11 is 0. The molecule has 1 aromatic rings. The van der Waals surface area contributed by atoms with Gasteiger partial charge in [0.1, 0.15) is 0 Å². The van der Waals surface area contributed by atoms with E-state index in [1.54, 1.807) is 11.6 Å². The number of hydrogen-bond acceptors (Lipinski definition) is 5. The third-order valence-electron chi connectivity index (χ3n) is 4.42. The molecule has 2 saturated heterocycles. The van der Waals surface area contributed by atoms with Crippen LogP contribution in [0.3, 0.4) is 0 Å². The average molecular weight is 377 g/mol. The van der Waals surface area contributed by atoms with Crippen molar-refractivity contribution in [3.05, 3.63) is 12.5 Å². The molecule has 2 fully saturated rings. The maximum absolute atomic E-state index is 12.6. The van der Waals surface area contributed by atoms with Crippen molar-refractivity contribution in [2.24, 2.45) is 7.05 Å². The third-order valence-corrected chi connectivity index (χ3v) is 8.24. The Bertz CT molecular complexity index is 783. The first-order valence-electron chi connectivity index (χ1n) is 8.05. The molecule has 2 aliphatic rings. The first-order valence-corrected chi connectivity index (χ1v) is 10.9. The number of imidazole rings is 1. The van der Waals surface area contributed by atoms with Gasteiger partial charge in [0.05, 0.1) is 6.33 Å². The summed E-state index contributed by atoms with van der Waals surface area (Å²) in [6, 6.07) is 0. The fraction of sp³-hybridized carbons (Fsp3) is 0.769. The molecule has 1 aromatic heterocycles. The molecule has 3 heterocycles. The van der Waals surface area contributed by atoms with E-state index in [9.17, 15) is 16.8 Å².